The van der Waals surface area contributed by atoms with Crippen LogP contribution in [-0.4, -0.2) is 44.2 Å². The van der Waals surface area contributed by atoms with Crippen LogP contribution in [0.4, 0.5) is 25.0 Å². The summed E-state index contributed by atoms with van der Waals surface area (Å²) in [4.78, 5) is 14.6. The zero-order valence-electron chi connectivity index (χ0n) is 11.5. The summed E-state index contributed by atoms with van der Waals surface area (Å²) in [6.07, 6.45) is 0.642. The fourth-order valence-electron chi connectivity index (χ4n) is 2.27. The Morgan fingerprint density at radius 1 is 1.40 bits per heavy atom. The number of nitrogens with zero attached hydrogens (tertiary/aromatic N) is 2. The van der Waals surface area contributed by atoms with E-state index in [1.54, 1.807) is 19.0 Å². The van der Waals surface area contributed by atoms with Crippen molar-refractivity contribution < 1.29 is 13.6 Å². The molecule has 3 N–H and O–H groups in total. The smallest absolute Gasteiger partial charge is 0.317 e. The lowest BCUT2D eigenvalue weighted by Crippen LogP contribution is -2.42. The number of anilines is 2. The minimum absolute atomic E-state index is 0.0559. The molecule has 7 heteroatoms. The van der Waals surface area contributed by atoms with Crippen molar-refractivity contribution in [3.05, 3.63) is 23.8 Å². The van der Waals surface area contributed by atoms with Crippen LogP contribution in [0.1, 0.15) is 6.42 Å². The van der Waals surface area contributed by atoms with E-state index in [2.05, 4.69) is 5.32 Å². The maximum absolute atomic E-state index is 13.8. The predicted molar refractivity (Wildman–Crippen MR) is 73.6 cm³/mol. The first-order valence-electron chi connectivity index (χ1n) is 6.35. The maximum atomic E-state index is 13.8. The van der Waals surface area contributed by atoms with E-state index in [4.69, 9.17) is 5.73 Å². The standard InChI is InChI=1S/C13H18F2N4O/c1-18(2)13(20)17-9-3-4-19(7-9)12-10(14)5-8(16)6-11(12)15/h5-6,9H,3-4,7,16H2,1-2H3,(H,17,20). The van der Waals surface area contributed by atoms with E-state index in [9.17, 15) is 13.6 Å². The summed E-state index contributed by atoms with van der Waals surface area (Å²) in [7, 11) is 3.28. The predicted octanol–water partition coefficient (Wildman–Crippen LogP) is 1.40. The van der Waals surface area contributed by atoms with Crippen molar-refractivity contribution in [2.75, 3.05) is 37.8 Å². The van der Waals surface area contributed by atoms with Crippen LogP contribution in [0.3, 0.4) is 0 Å². The SMILES string of the molecule is CN(C)C(=O)NC1CCN(c2c(F)cc(N)cc2F)C1. The van der Waals surface area contributed by atoms with Crippen LogP contribution in [0.15, 0.2) is 12.1 Å². The van der Waals surface area contributed by atoms with Gasteiger partial charge < -0.3 is 20.9 Å². The number of benzene rings is 1. The molecule has 1 unspecified atom stereocenters. The second-order valence-corrected chi connectivity index (χ2v) is 5.11. The van der Waals surface area contributed by atoms with E-state index < -0.39 is 11.6 Å². The van der Waals surface area contributed by atoms with Gasteiger partial charge in [-0.2, -0.15) is 0 Å². The van der Waals surface area contributed by atoms with Gasteiger partial charge in [0.15, 0.2) is 11.6 Å². The monoisotopic (exact) mass is 284 g/mol. The summed E-state index contributed by atoms with van der Waals surface area (Å²) in [6.45, 7) is 0.855. The minimum Gasteiger partial charge on any atom is -0.399 e. The van der Waals surface area contributed by atoms with E-state index in [-0.39, 0.29) is 23.4 Å². The molecule has 0 bridgehead atoms. The third-order valence-corrected chi connectivity index (χ3v) is 3.28. The number of urea groups is 1. The van der Waals surface area contributed by atoms with Gasteiger partial charge in [-0.3, -0.25) is 0 Å². The number of amides is 2. The molecule has 110 valence electrons. The highest BCUT2D eigenvalue weighted by Crippen LogP contribution is 2.28. The van der Waals surface area contributed by atoms with Crippen LogP contribution in [-0.2, 0) is 0 Å². The highest BCUT2D eigenvalue weighted by atomic mass is 19.1. The van der Waals surface area contributed by atoms with Crippen LogP contribution in [0.5, 0.6) is 0 Å². The first-order chi connectivity index (χ1) is 9.38. The van der Waals surface area contributed by atoms with E-state index in [0.717, 1.165) is 12.1 Å². The summed E-state index contributed by atoms with van der Waals surface area (Å²) in [5.41, 5.74) is 5.37. The molecule has 0 radical (unpaired) electrons. The molecule has 1 atom stereocenters. The number of carbonyl (C=O) groups excluding carboxylic acids is 1. The molecule has 1 fully saturated rings. The average Bonchev–Trinajstić information content (AvgIpc) is 2.75. The molecule has 0 spiro atoms. The molecule has 1 aromatic carbocycles. The van der Waals surface area contributed by atoms with Gasteiger partial charge in [0, 0.05) is 38.9 Å². The van der Waals surface area contributed by atoms with Gasteiger partial charge in [0.1, 0.15) is 5.69 Å². The fourth-order valence-corrected chi connectivity index (χ4v) is 2.27. The van der Waals surface area contributed by atoms with E-state index in [1.807, 2.05) is 0 Å². The molecule has 2 rings (SSSR count). The van der Waals surface area contributed by atoms with Crippen LogP contribution < -0.4 is 16.0 Å². The number of carbonyl (C=O) groups is 1. The molecule has 20 heavy (non-hydrogen) atoms. The van der Waals surface area contributed by atoms with Gasteiger partial charge in [-0.25, -0.2) is 13.6 Å². The number of nitrogen functional groups attached to an aromatic ring is 1. The van der Waals surface area contributed by atoms with Crippen molar-refractivity contribution in [3.63, 3.8) is 0 Å². The van der Waals surface area contributed by atoms with Crippen molar-refractivity contribution in [3.8, 4) is 0 Å². The summed E-state index contributed by atoms with van der Waals surface area (Å²) >= 11 is 0. The maximum Gasteiger partial charge on any atom is 0.317 e. The molecule has 1 aliphatic heterocycles. The van der Waals surface area contributed by atoms with E-state index >= 15 is 0 Å². The van der Waals surface area contributed by atoms with Gasteiger partial charge in [0.2, 0.25) is 0 Å². The largest absolute Gasteiger partial charge is 0.399 e. The molecule has 5 nitrogen and oxygen atoms in total. The Balaban J connectivity index is 2.08. The highest BCUT2D eigenvalue weighted by molar-refractivity contribution is 5.74. The lowest BCUT2D eigenvalue weighted by atomic mass is 10.2. The Morgan fingerprint density at radius 2 is 2.00 bits per heavy atom. The molecule has 0 aromatic heterocycles. The molecule has 0 aliphatic carbocycles. The number of nitrogens with one attached hydrogen (secondary N) is 1. The van der Waals surface area contributed by atoms with Crippen molar-refractivity contribution >= 4 is 17.4 Å². The second kappa shape index (κ2) is 5.52. The zero-order chi connectivity index (χ0) is 14.9. The Labute approximate surface area is 116 Å². The van der Waals surface area contributed by atoms with Crippen LogP contribution >= 0.6 is 0 Å². The number of hydrogen-bond donors (Lipinski definition) is 2. The quantitative estimate of drug-likeness (QED) is 0.807. The second-order valence-electron chi connectivity index (χ2n) is 5.11. The van der Waals surface area contributed by atoms with Crippen molar-refractivity contribution in [1.29, 1.82) is 0 Å². The van der Waals surface area contributed by atoms with E-state index in [0.29, 0.717) is 19.5 Å². The van der Waals surface area contributed by atoms with Crippen LogP contribution in [0.2, 0.25) is 0 Å². The fraction of sp³-hybridized carbons (Fsp3) is 0.462. The van der Waals surface area contributed by atoms with E-state index in [1.165, 1.54) is 4.90 Å². The first-order valence-corrected chi connectivity index (χ1v) is 6.35. The molecule has 1 aliphatic rings. The highest BCUT2D eigenvalue weighted by Gasteiger charge is 2.28. The molecular weight excluding hydrogens is 266 g/mol. The summed E-state index contributed by atoms with van der Waals surface area (Å²) in [6, 6.07) is 1.87. The Morgan fingerprint density at radius 3 is 2.55 bits per heavy atom. The number of hydrogen-bond acceptors (Lipinski definition) is 3. The van der Waals surface area contributed by atoms with Gasteiger partial charge in [-0.1, -0.05) is 0 Å². The minimum atomic E-state index is -0.679. The molecule has 1 saturated heterocycles. The van der Waals surface area contributed by atoms with Gasteiger partial charge >= 0.3 is 6.03 Å². The number of halogens is 2. The summed E-state index contributed by atoms with van der Waals surface area (Å²) in [5.74, 6) is -1.36. The summed E-state index contributed by atoms with van der Waals surface area (Å²) < 4.78 is 27.6. The Hall–Kier alpha value is -2.05. The van der Waals surface area contributed by atoms with Crippen molar-refractivity contribution in [1.82, 2.24) is 10.2 Å². The summed E-state index contributed by atoms with van der Waals surface area (Å²) in [5, 5.41) is 2.80. The third-order valence-electron chi connectivity index (χ3n) is 3.28. The Kier molecular flexibility index (Phi) is 3.96. The van der Waals surface area contributed by atoms with Gasteiger partial charge in [-0.15, -0.1) is 0 Å². The lowest BCUT2D eigenvalue weighted by Gasteiger charge is -2.21. The number of nitrogens with two attached hydrogens (primary N) is 1. The zero-order valence-corrected chi connectivity index (χ0v) is 11.5. The van der Waals surface area contributed by atoms with Gasteiger partial charge in [0.05, 0.1) is 0 Å². The molecule has 0 saturated carbocycles. The molecular formula is C13H18F2N4O. The van der Waals surface area contributed by atoms with Crippen LogP contribution in [0.25, 0.3) is 0 Å². The number of rotatable bonds is 2. The first kappa shape index (κ1) is 14.4. The normalized spacial score (nSPS) is 18.2. The topological polar surface area (TPSA) is 61.6 Å². The van der Waals surface area contributed by atoms with Crippen LogP contribution in [0, 0.1) is 11.6 Å². The van der Waals surface area contributed by atoms with Crippen molar-refractivity contribution in [2.45, 2.75) is 12.5 Å². The van der Waals surface area contributed by atoms with Gasteiger partial charge in [-0.05, 0) is 18.6 Å². The molecule has 2 amide bonds. The molecule has 1 aromatic rings. The molecule has 1 heterocycles. The van der Waals surface area contributed by atoms with Gasteiger partial charge in [0.25, 0.3) is 0 Å². The Bertz CT molecular complexity index is 498. The third kappa shape index (κ3) is 2.92. The average molecular weight is 284 g/mol. The van der Waals surface area contributed by atoms with Crippen molar-refractivity contribution in [2.24, 2.45) is 0 Å². The lowest BCUT2D eigenvalue weighted by molar-refractivity contribution is 0.214.